The normalized spacial score (nSPS) is 36.3. The number of carbonyl (C=O) groups excluding carboxylic acids is 1. The number of rotatable bonds is 4. The second-order valence-corrected chi connectivity index (χ2v) is 5.79. The van der Waals surface area contributed by atoms with Crippen LogP contribution in [0, 0.1) is 11.8 Å². The smallest absolute Gasteiger partial charge is 0.222 e. The summed E-state index contributed by atoms with van der Waals surface area (Å²) in [5, 5.41) is 9.80. The summed E-state index contributed by atoms with van der Waals surface area (Å²) < 4.78 is 5.50. The monoisotopic (exact) mass is 255 g/mol. The largest absolute Gasteiger partial charge is 0.391 e. The van der Waals surface area contributed by atoms with Crippen molar-refractivity contribution in [2.75, 3.05) is 19.7 Å². The molecule has 1 aliphatic heterocycles. The van der Waals surface area contributed by atoms with Crippen LogP contribution in [0.2, 0.25) is 0 Å². The first-order valence-electron chi connectivity index (χ1n) is 7.17. The molecule has 0 radical (unpaired) electrons. The van der Waals surface area contributed by atoms with Crippen LogP contribution in [-0.4, -0.2) is 47.8 Å². The van der Waals surface area contributed by atoms with Gasteiger partial charge in [0.05, 0.1) is 12.2 Å². The lowest BCUT2D eigenvalue weighted by molar-refractivity contribution is -0.138. The molecule has 1 heterocycles. The zero-order chi connectivity index (χ0) is 13.1. The predicted molar refractivity (Wildman–Crippen MR) is 69.1 cm³/mol. The molecule has 0 aromatic heterocycles. The van der Waals surface area contributed by atoms with Crippen molar-refractivity contribution < 1.29 is 14.6 Å². The SMILES string of the molecule is CCOC1CC(CC(=O)N2CCC(C)C(O)C2)C1. The molecule has 4 heteroatoms. The zero-order valence-electron chi connectivity index (χ0n) is 11.5. The highest BCUT2D eigenvalue weighted by Gasteiger charge is 2.34. The Morgan fingerprint density at radius 2 is 2.17 bits per heavy atom. The molecule has 0 spiro atoms. The van der Waals surface area contributed by atoms with E-state index in [4.69, 9.17) is 4.74 Å². The Balaban J connectivity index is 1.70. The molecule has 2 aliphatic rings. The molecule has 1 saturated carbocycles. The molecule has 2 unspecified atom stereocenters. The number of aliphatic hydroxyl groups excluding tert-OH is 1. The van der Waals surface area contributed by atoms with Gasteiger partial charge in [0.15, 0.2) is 0 Å². The number of nitrogens with zero attached hydrogens (tertiary/aromatic N) is 1. The van der Waals surface area contributed by atoms with Crippen LogP contribution in [0.1, 0.15) is 39.5 Å². The third-order valence-electron chi connectivity index (χ3n) is 4.33. The van der Waals surface area contributed by atoms with Crippen LogP contribution in [-0.2, 0) is 9.53 Å². The lowest BCUT2D eigenvalue weighted by Crippen LogP contribution is -2.47. The number of ether oxygens (including phenoxy) is 1. The average Bonchev–Trinajstić information content (AvgIpc) is 2.30. The van der Waals surface area contributed by atoms with Crippen molar-refractivity contribution in [3.05, 3.63) is 0 Å². The maximum Gasteiger partial charge on any atom is 0.222 e. The zero-order valence-corrected chi connectivity index (χ0v) is 11.5. The van der Waals surface area contributed by atoms with Crippen molar-refractivity contribution in [1.29, 1.82) is 0 Å². The Morgan fingerprint density at radius 3 is 2.78 bits per heavy atom. The van der Waals surface area contributed by atoms with Gasteiger partial charge in [0.25, 0.3) is 0 Å². The molecular formula is C14H25NO3. The Bertz CT molecular complexity index is 289. The molecule has 1 saturated heterocycles. The third kappa shape index (κ3) is 3.23. The number of aliphatic hydroxyl groups is 1. The molecule has 18 heavy (non-hydrogen) atoms. The average molecular weight is 255 g/mol. The second kappa shape index (κ2) is 6.02. The van der Waals surface area contributed by atoms with Crippen LogP contribution >= 0.6 is 0 Å². The minimum Gasteiger partial charge on any atom is -0.391 e. The van der Waals surface area contributed by atoms with E-state index in [-0.39, 0.29) is 12.0 Å². The maximum atomic E-state index is 12.1. The first-order valence-corrected chi connectivity index (χ1v) is 7.17. The fraction of sp³-hybridized carbons (Fsp3) is 0.929. The van der Waals surface area contributed by atoms with E-state index in [0.29, 0.717) is 30.9 Å². The van der Waals surface area contributed by atoms with Crippen LogP contribution in [0.4, 0.5) is 0 Å². The molecule has 0 aromatic rings. The van der Waals surface area contributed by atoms with Crippen molar-refractivity contribution in [3.63, 3.8) is 0 Å². The van der Waals surface area contributed by atoms with Crippen LogP contribution in [0.3, 0.4) is 0 Å². The van der Waals surface area contributed by atoms with E-state index < -0.39 is 0 Å². The number of carbonyl (C=O) groups is 1. The van der Waals surface area contributed by atoms with Crippen LogP contribution < -0.4 is 0 Å². The summed E-state index contributed by atoms with van der Waals surface area (Å²) >= 11 is 0. The van der Waals surface area contributed by atoms with E-state index in [2.05, 4.69) is 0 Å². The Labute approximate surface area is 109 Å². The molecule has 0 bridgehead atoms. The molecule has 104 valence electrons. The topological polar surface area (TPSA) is 49.8 Å². The number of likely N-dealkylation sites (tertiary alicyclic amines) is 1. The summed E-state index contributed by atoms with van der Waals surface area (Å²) in [5.74, 6) is 1.02. The first-order chi connectivity index (χ1) is 8.60. The van der Waals surface area contributed by atoms with E-state index in [1.807, 2.05) is 18.7 Å². The van der Waals surface area contributed by atoms with Gasteiger partial charge in [-0.15, -0.1) is 0 Å². The van der Waals surface area contributed by atoms with Crippen molar-refractivity contribution in [2.45, 2.75) is 51.7 Å². The van der Waals surface area contributed by atoms with Crippen LogP contribution in [0.5, 0.6) is 0 Å². The minimum absolute atomic E-state index is 0.209. The molecule has 0 aromatic carbocycles. The molecule has 2 rings (SSSR count). The second-order valence-electron chi connectivity index (χ2n) is 5.79. The van der Waals surface area contributed by atoms with Crippen molar-refractivity contribution in [2.24, 2.45) is 11.8 Å². The summed E-state index contributed by atoms with van der Waals surface area (Å²) in [5.41, 5.74) is 0. The van der Waals surface area contributed by atoms with E-state index >= 15 is 0 Å². The van der Waals surface area contributed by atoms with Gasteiger partial charge in [-0.1, -0.05) is 6.92 Å². The van der Waals surface area contributed by atoms with Gasteiger partial charge < -0.3 is 14.7 Å². The van der Waals surface area contributed by atoms with Crippen LogP contribution in [0.15, 0.2) is 0 Å². The Kier molecular flexibility index (Phi) is 4.62. The summed E-state index contributed by atoms with van der Waals surface area (Å²) in [7, 11) is 0. The highest BCUT2D eigenvalue weighted by atomic mass is 16.5. The molecule has 2 fully saturated rings. The van der Waals surface area contributed by atoms with E-state index in [1.165, 1.54) is 0 Å². The summed E-state index contributed by atoms with van der Waals surface area (Å²) in [6.45, 7) is 6.14. The highest BCUT2D eigenvalue weighted by Crippen LogP contribution is 2.33. The molecule has 2 atom stereocenters. The quantitative estimate of drug-likeness (QED) is 0.826. The van der Waals surface area contributed by atoms with Gasteiger partial charge >= 0.3 is 0 Å². The van der Waals surface area contributed by atoms with Crippen molar-refractivity contribution in [3.8, 4) is 0 Å². The maximum absolute atomic E-state index is 12.1. The van der Waals surface area contributed by atoms with Gasteiger partial charge in [-0.05, 0) is 38.0 Å². The highest BCUT2D eigenvalue weighted by molar-refractivity contribution is 5.76. The van der Waals surface area contributed by atoms with Crippen molar-refractivity contribution >= 4 is 5.91 Å². The Morgan fingerprint density at radius 1 is 1.44 bits per heavy atom. The molecule has 4 nitrogen and oxygen atoms in total. The molecule has 1 N–H and O–H groups in total. The molecule has 1 amide bonds. The number of amides is 1. The minimum atomic E-state index is -0.347. The third-order valence-corrected chi connectivity index (χ3v) is 4.33. The molecule has 1 aliphatic carbocycles. The lowest BCUT2D eigenvalue weighted by Gasteiger charge is -2.38. The number of piperidine rings is 1. The summed E-state index contributed by atoms with van der Waals surface area (Å²) in [6.07, 6.45) is 3.61. The van der Waals surface area contributed by atoms with Gasteiger partial charge in [0.1, 0.15) is 0 Å². The number of hydrogen-bond acceptors (Lipinski definition) is 3. The summed E-state index contributed by atoms with van der Waals surface area (Å²) in [4.78, 5) is 13.9. The fourth-order valence-electron chi connectivity index (χ4n) is 2.86. The van der Waals surface area contributed by atoms with Gasteiger partial charge in [-0.3, -0.25) is 4.79 Å². The lowest BCUT2D eigenvalue weighted by atomic mass is 9.79. The fourth-order valence-corrected chi connectivity index (χ4v) is 2.86. The first kappa shape index (κ1) is 13.8. The molecular weight excluding hydrogens is 230 g/mol. The van der Waals surface area contributed by atoms with Gasteiger partial charge in [0, 0.05) is 26.1 Å². The number of β-amino-alcohol motifs (C(OH)–C–C–N with tert-alkyl or cyclic N) is 1. The van der Waals surface area contributed by atoms with Crippen LogP contribution in [0.25, 0.3) is 0 Å². The van der Waals surface area contributed by atoms with Gasteiger partial charge in [-0.2, -0.15) is 0 Å². The summed E-state index contributed by atoms with van der Waals surface area (Å²) in [6, 6.07) is 0. The number of hydrogen-bond donors (Lipinski definition) is 1. The van der Waals surface area contributed by atoms with E-state index in [9.17, 15) is 9.90 Å². The van der Waals surface area contributed by atoms with E-state index in [0.717, 1.165) is 32.4 Å². The van der Waals surface area contributed by atoms with E-state index in [1.54, 1.807) is 0 Å². The van der Waals surface area contributed by atoms with Gasteiger partial charge in [-0.25, -0.2) is 0 Å². The Hall–Kier alpha value is -0.610. The standard InChI is InChI=1S/C14H25NO3/c1-3-18-12-6-11(7-12)8-14(17)15-5-4-10(2)13(16)9-15/h10-13,16H,3-9H2,1-2H3. The van der Waals surface area contributed by atoms with Gasteiger partial charge in [0.2, 0.25) is 5.91 Å². The predicted octanol–water partition coefficient (Wildman–Crippen LogP) is 1.42. The van der Waals surface area contributed by atoms with Crippen molar-refractivity contribution in [1.82, 2.24) is 4.90 Å².